The first-order valence-corrected chi connectivity index (χ1v) is 9.60. The number of carbonyl (C=O) groups is 2. The molecule has 0 saturated carbocycles. The van der Waals surface area contributed by atoms with E-state index in [2.05, 4.69) is 15.5 Å². The Morgan fingerprint density at radius 2 is 1.89 bits per heavy atom. The Kier molecular flexibility index (Phi) is 5.03. The molecule has 8 heteroatoms. The highest BCUT2D eigenvalue weighted by molar-refractivity contribution is 7.15. The predicted molar refractivity (Wildman–Crippen MR) is 107 cm³/mol. The normalized spacial score (nSPS) is 16.2. The zero-order valence-corrected chi connectivity index (χ0v) is 16.0. The van der Waals surface area contributed by atoms with E-state index in [-0.39, 0.29) is 17.7 Å². The van der Waals surface area contributed by atoms with Crippen molar-refractivity contribution < 1.29 is 14.3 Å². The van der Waals surface area contributed by atoms with Crippen LogP contribution in [0.2, 0.25) is 0 Å². The van der Waals surface area contributed by atoms with Crippen LogP contribution in [0, 0.1) is 0 Å². The van der Waals surface area contributed by atoms with Gasteiger partial charge in [-0.3, -0.25) is 14.9 Å². The lowest BCUT2D eigenvalue weighted by Crippen LogP contribution is -2.24. The first kappa shape index (κ1) is 18.1. The van der Waals surface area contributed by atoms with Gasteiger partial charge >= 0.3 is 0 Å². The van der Waals surface area contributed by atoms with E-state index in [1.807, 2.05) is 30.3 Å². The zero-order chi connectivity index (χ0) is 19.5. The number of hydrogen-bond acceptors (Lipinski definition) is 6. The van der Waals surface area contributed by atoms with Crippen LogP contribution in [0.15, 0.2) is 54.6 Å². The van der Waals surface area contributed by atoms with Crippen LogP contribution in [0.3, 0.4) is 0 Å². The molecule has 0 spiro atoms. The summed E-state index contributed by atoms with van der Waals surface area (Å²) in [6, 6.07) is 16.3. The number of rotatable bonds is 5. The fraction of sp³-hybridized carbons (Fsp3) is 0.200. The van der Waals surface area contributed by atoms with E-state index in [1.54, 1.807) is 36.3 Å². The maximum Gasteiger partial charge on any atom is 0.257 e. The molecule has 3 aromatic rings. The van der Waals surface area contributed by atoms with Crippen molar-refractivity contribution in [2.45, 2.75) is 12.3 Å². The second-order valence-corrected chi connectivity index (χ2v) is 7.38. The number of carbonyl (C=O) groups excluding carboxylic acids is 2. The van der Waals surface area contributed by atoms with Crippen LogP contribution >= 0.6 is 11.3 Å². The fourth-order valence-corrected chi connectivity index (χ4v) is 3.92. The van der Waals surface area contributed by atoms with Crippen LogP contribution in [-0.2, 0) is 4.79 Å². The van der Waals surface area contributed by atoms with Crippen LogP contribution in [0.4, 0.5) is 10.8 Å². The molecule has 0 unspecified atom stereocenters. The quantitative estimate of drug-likeness (QED) is 0.718. The highest BCUT2D eigenvalue weighted by atomic mass is 32.1. The maximum atomic E-state index is 12.5. The number of hydrogen-bond donors (Lipinski definition) is 1. The number of benzene rings is 2. The first-order chi connectivity index (χ1) is 13.6. The number of amides is 2. The minimum absolute atomic E-state index is 0.0419. The van der Waals surface area contributed by atoms with Gasteiger partial charge in [0.15, 0.2) is 0 Å². The Morgan fingerprint density at radius 3 is 2.61 bits per heavy atom. The van der Waals surface area contributed by atoms with Crippen LogP contribution in [0.1, 0.15) is 27.7 Å². The van der Waals surface area contributed by atoms with E-state index in [4.69, 9.17) is 4.74 Å². The lowest BCUT2D eigenvalue weighted by Gasteiger charge is -2.16. The molecule has 1 N–H and O–H groups in total. The van der Waals surface area contributed by atoms with E-state index in [9.17, 15) is 9.59 Å². The third kappa shape index (κ3) is 3.72. The molecule has 0 radical (unpaired) electrons. The third-order valence-electron chi connectivity index (χ3n) is 4.56. The fourth-order valence-electron chi connectivity index (χ4n) is 3.09. The average Bonchev–Trinajstić information content (AvgIpc) is 3.35. The Balaban J connectivity index is 1.44. The van der Waals surface area contributed by atoms with Gasteiger partial charge in [-0.25, -0.2) is 0 Å². The molecule has 142 valence electrons. The van der Waals surface area contributed by atoms with Crippen molar-refractivity contribution in [1.82, 2.24) is 10.2 Å². The van der Waals surface area contributed by atoms with Gasteiger partial charge in [-0.05, 0) is 36.4 Å². The topological polar surface area (TPSA) is 84.4 Å². The van der Waals surface area contributed by atoms with Crippen molar-refractivity contribution in [2.24, 2.45) is 0 Å². The largest absolute Gasteiger partial charge is 0.497 e. The number of ether oxygens (including phenoxy) is 1. The Morgan fingerprint density at radius 1 is 1.14 bits per heavy atom. The SMILES string of the molecule is COc1ccc(N2C[C@@H](c3nnc(NC(=O)c4ccccc4)s3)CC2=O)cc1. The van der Waals surface area contributed by atoms with E-state index in [0.29, 0.717) is 23.7 Å². The smallest absolute Gasteiger partial charge is 0.257 e. The highest BCUT2D eigenvalue weighted by Crippen LogP contribution is 2.34. The zero-order valence-electron chi connectivity index (χ0n) is 15.2. The molecule has 4 rings (SSSR count). The second-order valence-electron chi connectivity index (χ2n) is 6.37. The van der Waals surface area contributed by atoms with Gasteiger partial charge in [0.2, 0.25) is 11.0 Å². The van der Waals surface area contributed by atoms with Gasteiger partial charge in [0.1, 0.15) is 10.8 Å². The summed E-state index contributed by atoms with van der Waals surface area (Å²) >= 11 is 1.31. The summed E-state index contributed by atoms with van der Waals surface area (Å²) in [6.45, 7) is 0.534. The number of nitrogens with one attached hydrogen (secondary N) is 1. The minimum Gasteiger partial charge on any atom is -0.497 e. The van der Waals surface area contributed by atoms with Crippen molar-refractivity contribution in [3.63, 3.8) is 0 Å². The van der Waals surface area contributed by atoms with Crippen LogP contribution in [-0.4, -0.2) is 35.7 Å². The molecule has 2 aromatic carbocycles. The monoisotopic (exact) mass is 394 g/mol. The number of methoxy groups -OCH3 is 1. The van der Waals surface area contributed by atoms with E-state index in [1.165, 1.54) is 11.3 Å². The van der Waals surface area contributed by atoms with Crippen LogP contribution < -0.4 is 15.0 Å². The summed E-state index contributed by atoms with van der Waals surface area (Å²) in [6.07, 6.45) is 0.368. The number of nitrogens with zero attached hydrogens (tertiary/aromatic N) is 3. The van der Waals surface area contributed by atoms with Gasteiger partial charge in [0, 0.05) is 30.1 Å². The second kappa shape index (κ2) is 7.77. The molecule has 7 nitrogen and oxygen atoms in total. The summed E-state index contributed by atoms with van der Waals surface area (Å²) in [5.41, 5.74) is 1.39. The molecule has 1 aromatic heterocycles. The molecular formula is C20H18N4O3S. The van der Waals surface area contributed by atoms with Gasteiger partial charge in [0.05, 0.1) is 7.11 Å². The maximum absolute atomic E-state index is 12.5. The molecule has 2 heterocycles. The molecule has 28 heavy (non-hydrogen) atoms. The van der Waals surface area contributed by atoms with Crippen molar-refractivity contribution in [1.29, 1.82) is 0 Å². The minimum atomic E-state index is -0.231. The number of anilines is 2. The molecular weight excluding hydrogens is 376 g/mol. The highest BCUT2D eigenvalue weighted by Gasteiger charge is 2.34. The summed E-state index contributed by atoms with van der Waals surface area (Å²) < 4.78 is 5.16. The van der Waals surface area contributed by atoms with E-state index < -0.39 is 0 Å². The van der Waals surface area contributed by atoms with Gasteiger partial charge in [-0.15, -0.1) is 10.2 Å². The summed E-state index contributed by atoms with van der Waals surface area (Å²) in [4.78, 5) is 26.4. The molecule has 2 amide bonds. The third-order valence-corrected chi connectivity index (χ3v) is 5.56. The summed E-state index contributed by atoms with van der Waals surface area (Å²) in [7, 11) is 1.61. The Labute approximate surface area is 166 Å². The predicted octanol–water partition coefficient (Wildman–Crippen LogP) is 3.32. The molecule has 1 atom stereocenters. The van der Waals surface area contributed by atoms with E-state index >= 15 is 0 Å². The van der Waals surface area contributed by atoms with Gasteiger partial charge < -0.3 is 9.64 Å². The van der Waals surface area contributed by atoms with Gasteiger partial charge in [-0.1, -0.05) is 29.5 Å². The molecule has 0 bridgehead atoms. The van der Waals surface area contributed by atoms with Gasteiger partial charge in [0.25, 0.3) is 5.91 Å². The lowest BCUT2D eigenvalue weighted by atomic mass is 10.1. The van der Waals surface area contributed by atoms with Crippen molar-refractivity contribution in [3.05, 3.63) is 65.2 Å². The van der Waals surface area contributed by atoms with Gasteiger partial charge in [-0.2, -0.15) is 0 Å². The molecule has 1 aliphatic heterocycles. The molecule has 0 aliphatic carbocycles. The van der Waals surface area contributed by atoms with E-state index in [0.717, 1.165) is 16.4 Å². The lowest BCUT2D eigenvalue weighted by molar-refractivity contribution is -0.117. The standard InChI is InChI=1S/C20H18N4O3S/c1-27-16-9-7-15(8-10-16)24-12-14(11-17(24)25)19-22-23-20(28-19)21-18(26)13-5-3-2-4-6-13/h2-10,14H,11-12H2,1H3,(H,21,23,26)/t14-/m0/s1. The number of aromatic nitrogens is 2. The molecule has 1 aliphatic rings. The molecule has 1 saturated heterocycles. The average molecular weight is 394 g/mol. The van der Waals surface area contributed by atoms with Crippen molar-refractivity contribution in [2.75, 3.05) is 23.9 Å². The van der Waals surface area contributed by atoms with Crippen molar-refractivity contribution >= 4 is 34.0 Å². The summed E-state index contributed by atoms with van der Waals surface area (Å²) in [5.74, 6) is 0.509. The summed E-state index contributed by atoms with van der Waals surface area (Å²) in [5, 5.41) is 12.2. The Bertz CT molecular complexity index is 988. The Hall–Kier alpha value is -3.26. The first-order valence-electron chi connectivity index (χ1n) is 8.78. The van der Waals surface area contributed by atoms with Crippen molar-refractivity contribution in [3.8, 4) is 5.75 Å². The van der Waals surface area contributed by atoms with Crippen LogP contribution in [0.25, 0.3) is 0 Å². The molecule has 1 fully saturated rings. The van der Waals surface area contributed by atoms with Crippen LogP contribution in [0.5, 0.6) is 5.75 Å².